The number of ether oxygens (including phenoxy) is 1. The third-order valence-electron chi connectivity index (χ3n) is 9.13. The summed E-state index contributed by atoms with van der Waals surface area (Å²) in [7, 11) is 0. The van der Waals surface area contributed by atoms with Gasteiger partial charge >= 0.3 is 0 Å². The quantitative estimate of drug-likeness (QED) is 0.400. The molecule has 1 aliphatic heterocycles. The van der Waals surface area contributed by atoms with Crippen molar-refractivity contribution in [3.63, 3.8) is 0 Å². The Morgan fingerprint density at radius 2 is 1.74 bits per heavy atom. The van der Waals surface area contributed by atoms with E-state index in [1.807, 2.05) is 0 Å². The summed E-state index contributed by atoms with van der Waals surface area (Å²) in [5.74, 6) is 4.36. The Bertz CT molecular complexity index is 773. The largest absolute Gasteiger partial charge is 0.491 e. The molecule has 7 atom stereocenters. The van der Waals surface area contributed by atoms with E-state index < -0.39 is 5.60 Å². The summed E-state index contributed by atoms with van der Waals surface area (Å²) in [5, 5.41) is 13.9. The molecule has 0 amide bonds. The van der Waals surface area contributed by atoms with Crippen LogP contribution in [0.4, 0.5) is 0 Å². The lowest BCUT2D eigenvalue weighted by Crippen LogP contribution is -2.45. The highest BCUT2D eigenvalue weighted by Gasteiger charge is 2.42. The zero-order chi connectivity index (χ0) is 23.5. The van der Waals surface area contributed by atoms with Crippen LogP contribution in [0, 0.1) is 23.7 Å². The number of aliphatic hydroxyl groups is 1. The lowest BCUT2D eigenvalue weighted by molar-refractivity contribution is -0.377. The van der Waals surface area contributed by atoms with Crippen LogP contribution in [0.1, 0.15) is 89.5 Å². The maximum absolute atomic E-state index is 10.7. The first kappa shape index (κ1) is 24.5. The highest BCUT2D eigenvalue weighted by atomic mass is 17.2. The second-order valence-electron chi connectivity index (χ2n) is 12.1. The van der Waals surface area contributed by atoms with Crippen molar-refractivity contribution in [1.82, 2.24) is 5.32 Å². The van der Waals surface area contributed by atoms with Crippen molar-refractivity contribution in [2.45, 2.75) is 102 Å². The van der Waals surface area contributed by atoms with Crippen LogP contribution in [0.5, 0.6) is 5.75 Å². The van der Waals surface area contributed by atoms with E-state index in [-0.39, 0.29) is 12.2 Å². The third-order valence-corrected chi connectivity index (χ3v) is 9.13. The van der Waals surface area contributed by atoms with Crippen molar-refractivity contribution in [3.8, 4) is 5.75 Å². The first-order chi connectivity index (χ1) is 16.5. The molecule has 5 heteroatoms. The molecule has 4 aliphatic rings. The predicted octanol–water partition coefficient (Wildman–Crippen LogP) is 5.62. The van der Waals surface area contributed by atoms with E-state index in [1.165, 1.54) is 44.1 Å². The lowest BCUT2D eigenvalue weighted by Gasteiger charge is -2.45. The summed E-state index contributed by atoms with van der Waals surface area (Å²) in [6.07, 6.45) is 11.8. The van der Waals surface area contributed by atoms with Gasteiger partial charge in [-0.1, -0.05) is 32.4 Å². The molecule has 1 saturated heterocycles. The maximum Gasteiger partial charge on any atom is 0.119 e. The SMILES string of the molecule is CC1CC2CC(C)C(OOC3CCCC(c4ccc(OCC5(O)CCNCC5)cc4)C3)C(C1)C2. The van der Waals surface area contributed by atoms with E-state index >= 15 is 0 Å². The van der Waals surface area contributed by atoms with Crippen LogP contribution in [0.3, 0.4) is 0 Å². The molecule has 5 rings (SSSR count). The summed E-state index contributed by atoms with van der Waals surface area (Å²) in [4.78, 5) is 12.4. The molecule has 3 saturated carbocycles. The number of fused-ring (bicyclic) bond motifs is 2. The molecule has 0 radical (unpaired) electrons. The number of hydrogen-bond acceptors (Lipinski definition) is 5. The summed E-state index contributed by atoms with van der Waals surface area (Å²) in [6.45, 7) is 6.84. The maximum atomic E-state index is 10.7. The van der Waals surface area contributed by atoms with Crippen LogP contribution in [0.25, 0.3) is 0 Å². The second kappa shape index (κ2) is 10.9. The van der Waals surface area contributed by atoms with Gasteiger partial charge in [-0.2, -0.15) is 0 Å². The van der Waals surface area contributed by atoms with Crippen LogP contribution in [-0.2, 0) is 9.78 Å². The molecule has 2 N–H and O–H groups in total. The van der Waals surface area contributed by atoms with Crippen molar-refractivity contribution in [2.24, 2.45) is 23.7 Å². The highest BCUT2D eigenvalue weighted by molar-refractivity contribution is 5.30. The summed E-state index contributed by atoms with van der Waals surface area (Å²) >= 11 is 0. The fraction of sp³-hybridized carbons (Fsp3) is 0.793. The van der Waals surface area contributed by atoms with Gasteiger partial charge in [-0.3, -0.25) is 0 Å². The van der Waals surface area contributed by atoms with E-state index in [1.54, 1.807) is 0 Å². The minimum atomic E-state index is -0.704. The zero-order valence-electron chi connectivity index (χ0n) is 21.2. The van der Waals surface area contributed by atoms with Gasteiger partial charge in [0.15, 0.2) is 0 Å². The van der Waals surface area contributed by atoms with Gasteiger partial charge in [-0.05, 0) is 118 Å². The Morgan fingerprint density at radius 3 is 2.53 bits per heavy atom. The summed E-state index contributed by atoms with van der Waals surface area (Å²) in [5.41, 5.74) is 0.653. The molecular weight excluding hydrogens is 426 g/mol. The highest BCUT2D eigenvalue weighted by Crippen LogP contribution is 2.46. The minimum Gasteiger partial charge on any atom is -0.491 e. The molecule has 2 bridgehead atoms. The second-order valence-corrected chi connectivity index (χ2v) is 12.1. The Balaban J connectivity index is 1.11. The zero-order valence-corrected chi connectivity index (χ0v) is 21.2. The molecule has 5 nitrogen and oxygen atoms in total. The van der Waals surface area contributed by atoms with Gasteiger partial charge in [0.1, 0.15) is 18.0 Å². The number of piperidine rings is 1. The van der Waals surface area contributed by atoms with Gasteiger partial charge in [0, 0.05) is 0 Å². The predicted molar refractivity (Wildman–Crippen MR) is 134 cm³/mol. The van der Waals surface area contributed by atoms with Gasteiger partial charge in [-0.25, -0.2) is 9.78 Å². The lowest BCUT2D eigenvalue weighted by atomic mass is 9.64. The van der Waals surface area contributed by atoms with Crippen LogP contribution in [0.2, 0.25) is 0 Å². The average Bonchev–Trinajstić information content (AvgIpc) is 2.83. The van der Waals surface area contributed by atoms with Gasteiger partial charge in [-0.15, -0.1) is 0 Å². The molecule has 0 aromatic heterocycles. The molecule has 3 aliphatic carbocycles. The van der Waals surface area contributed by atoms with Crippen molar-refractivity contribution in [3.05, 3.63) is 29.8 Å². The van der Waals surface area contributed by atoms with Gasteiger partial charge in [0.2, 0.25) is 0 Å². The molecule has 1 aromatic carbocycles. The smallest absolute Gasteiger partial charge is 0.119 e. The van der Waals surface area contributed by atoms with Crippen molar-refractivity contribution >= 4 is 0 Å². The normalized spacial score (nSPS) is 37.8. The molecule has 1 aromatic rings. The molecular formula is C29H45NO4. The van der Waals surface area contributed by atoms with E-state index in [9.17, 15) is 5.11 Å². The molecule has 0 spiro atoms. The number of rotatable bonds is 7. The van der Waals surface area contributed by atoms with Crippen molar-refractivity contribution in [2.75, 3.05) is 19.7 Å². The van der Waals surface area contributed by atoms with E-state index in [2.05, 4.69) is 43.4 Å². The molecule has 190 valence electrons. The first-order valence-electron chi connectivity index (χ1n) is 14.0. The fourth-order valence-electron chi connectivity index (χ4n) is 7.33. The van der Waals surface area contributed by atoms with E-state index in [4.69, 9.17) is 14.5 Å². The van der Waals surface area contributed by atoms with Crippen LogP contribution >= 0.6 is 0 Å². The summed E-state index contributed by atoms with van der Waals surface area (Å²) < 4.78 is 5.95. The molecule has 7 unspecified atom stereocenters. The Labute approximate surface area is 205 Å². The number of nitrogens with one attached hydrogen (secondary N) is 1. The van der Waals surface area contributed by atoms with Gasteiger partial charge in [0.25, 0.3) is 0 Å². The molecule has 4 fully saturated rings. The standard InChI is InChI=1S/C29H45NO4/c1-20-14-22-16-21(2)28(25(15-20)17-22)34-33-27-5-3-4-24(18-27)23-6-8-26(9-7-23)32-19-29(31)10-12-30-13-11-29/h6-9,20-22,24-25,27-28,30-31H,3-5,10-19H2,1-2H3. The number of benzene rings is 1. The van der Waals surface area contributed by atoms with E-state index in [0.29, 0.717) is 24.4 Å². The minimum absolute atomic E-state index is 0.190. The third kappa shape index (κ3) is 5.98. The first-order valence-corrected chi connectivity index (χ1v) is 14.0. The van der Waals surface area contributed by atoms with Crippen LogP contribution in [0.15, 0.2) is 24.3 Å². The number of hydrogen-bond donors (Lipinski definition) is 2. The monoisotopic (exact) mass is 471 g/mol. The summed E-state index contributed by atoms with van der Waals surface area (Å²) in [6, 6.07) is 8.52. The van der Waals surface area contributed by atoms with Gasteiger partial charge < -0.3 is 15.2 Å². The van der Waals surface area contributed by atoms with Crippen molar-refractivity contribution < 1.29 is 19.6 Å². The Morgan fingerprint density at radius 1 is 0.941 bits per heavy atom. The van der Waals surface area contributed by atoms with E-state index in [0.717, 1.165) is 56.4 Å². The average molecular weight is 472 g/mol. The van der Waals surface area contributed by atoms with Crippen molar-refractivity contribution in [1.29, 1.82) is 0 Å². The molecule has 34 heavy (non-hydrogen) atoms. The topological polar surface area (TPSA) is 60.0 Å². The Hall–Kier alpha value is -1.14. The van der Waals surface area contributed by atoms with Crippen LogP contribution < -0.4 is 10.1 Å². The fourth-order valence-corrected chi connectivity index (χ4v) is 7.33. The Kier molecular flexibility index (Phi) is 7.84. The van der Waals surface area contributed by atoms with Gasteiger partial charge in [0.05, 0.1) is 12.2 Å². The molecule has 1 heterocycles. The van der Waals surface area contributed by atoms with Crippen LogP contribution in [-0.4, -0.2) is 42.6 Å².